The monoisotopic (exact) mass is 386 g/mol. The highest BCUT2D eigenvalue weighted by Crippen LogP contribution is 2.33. The van der Waals surface area contributed by atoms with Crippen LogP contribution < -0.4 is 14.8 Å². The van der Waals surface area contributed by atoms with Crippen LogP contribution >= 0.6 is 11.8 Å². The molecule has 9 heteroatoms. The Morgan fingerprint density at radius 3 is 2.81 bits per heavy atom. The van der Waals surface area contributed by atoms with Gasteiger partial charge >= 0.3 is 0 Å². The fourth-order valence-corrected chi connectivity index (χ4v) is 3.43. The van der Waals surface area contributed by atoms with Crippen molar-refractivity contribution in [3.8, 4) is 23.1 Å². The minimum atomic E-state index is -0.370. The fraction of sp³-hybridized carbons (Fsp3) is 0.278. The van der Waals surface area contributed by atoms with Gasteiger partial charge in [0.05, 0.1) is 11.5 Å². The van der Waals surface area contributed by atoms with Gasteiger partial charge in [0.15, 0.2) is 28.2 Å². The summed E-state index contributed by atoms with van der Waals surface area (Å²) in [5.74, 6) is 2.42. The Labute approximate surface area is 159 Å². The Bertz CT molecular complexity index is 954. The summed E-state index contributed by atoms with van der Waals surface area (Å²) in [6, 6.07) is 8.96. The molecule has 0 saturated carbocycles. The van der Waals surface area contributed by atoms with Crippen LogP contribution in [0.3, 0.4) is 0 Å². The van der Waals surface area contributed by atoms with Crippen molar-refractivity contribution in [3.05, 3.63) is 36.6 Å². The molecule has 3 heterocycles. The number of benzene rings is 1. The number of furan rings is 1. The molecule has 2 aromatic heterocycles. The van der Waals surface area contributed by atoms with Crippen molar-refractivity contribution in [1.29, 1.82) is 0 Å². The van der Waals surface area contributed by atoms with Crippen LogP contribution in [0.25, 0.3) is 11.6 Å². The van der Waals surface area contributed by atoms with Crippen molar-refractivity contribution in [3.63, 3.8) is 0 Å². The maximum absolute atomic E-state index is 12.6. The molecule has 0 radical (unpaired) electrons. The second-order valence-corrected chi connectivity index (χ2v) is 7.26. The zero-order chi connectivity index (χ0) is 18.8. The molecule has 1 amide bonds. The average molecular weight is 386 g/mol. The predicted molar refractivity (Wildman–Crippen MR) is 100 cm³/mol. The second kappa shape index (κ2) is 7.36. The lowest BCUT2D eigenvalue weighted by atomic mass is 10.2. The molecule has 0 saturated heterocycles. The van der Waals surface area contributed by atoms with Crippen LogP contribution in [0.5, 0.6) is 11.5 Å². The van der Waals surface area contributed by atoms with Gasteiger partial charge in [-0.3, -0.25) is 4.79 Å². The number of amides is 1. The van der Waals surface area contributed by atoms with E-state index in [0.29, 0.717) is 47.1 Å². The zero-order valence-corrected chi connectivity index (χ0v) is 15.7. The standard InChI is InChI=1S/C18H18N4O4S/c1-11(27-18-21-20-16(22(18)2)14-4-3-7-24-14)17(23)19-12-5-6-13-15(10-12)26-9-8-25-13/h3-7,10-11H,8-9H2,1-2H3,(H,19,23)/t11-/m0/s1. The van der Waals surface area contributed by atoms with Crippen molar-refractivity contribution in [2.75, 3.05) is 18.5 Å². The molecule has 1 atom stereocenters. The van der Waals surface area contributed by atoms with E-state index >= 15 is 0 Å². The number of carbonyl (C=O) groups excluding carboxylic acids is 1. The molecule has 1 aromatic carbocycles. The molecule has 1 aliphatic heterocycles. The molecule has 8 nitrogen and oxygen atoms in total. The van der Waals surface area contributed by atoms with E-state index in [9.17, 15) is 4.79 Å². The number of rotatable bonds is 5. The Hall–Kier alpha value is -2.94. The summed E-state index contributed by atoms with van der Waals surface area (Å²) in [4.78, 5) is 12.6. The van der Waals surface area contributed by atoms with Crippen LogP contribution in [0.1, 0.15) is 6.92 Å². The molecule has 1 aliphatic rings. The lowest BCUT2D eigenvalue weighted by Crippen LogP contribution is -2.23. The van der Waals surface area contributed by atoms with E-state index in [-0.39, 0.29) is 11.2 Å². The fourth-order valence-electron chi connectivity index (χ4n) is 2.61. The number of ether oxygens (including phenoxy) is 2. The molecule has 0 bridgehead atoms. The lowest BCUT2D eigenvalue weighted by Gasteiger charge is -2.19. The normalized spacial score (nSPS) is 14.0. The highest BCUT2D eigenvalue weighted by molar-refractivity contribution is 8.00. The third kappa shape index (κ3) is 3.63. The highest BCUT2D eigenvalue weighted by Gasteiger charge is 2.21. The first-order chi connectivity index (χ1) is 13.1. The van der Waals surface area contributed by atoms with Gasteiger partial charge in [0.1, 0.15) is 13.2 Å². The molecule has 0 fully saturated rings. The second-order valence-electron chi connectivity index (χ2n) is 5.95. The first kappa shape index (κ1) is 17.5. The minimum absolute atomic E-state index is 0.140. The first-order valence-corrected chi connectivity index (χ1v) is 9.30. The first-order valence-electron chi connectivity index (χ1n) is 8.42. The smallest absolute Gasteiger partial charge is 0.237 e. The predicted octanol–water partition coefficient (Wildman–Crippen LogP) is 2.97. The van der Waals surface area contributed by atoms with E-state index in [2.05, 4.69) is 15.5 Å². The largest absolute Gasteiger partial charge is 0.486 e. The average Bonchev–Trinajstić information content (AvgIpc) is 3.32. The van der Waals surface area contributed by atoms with Crippen LogP contribution in [0.4, 0.5) is 5.69 Å². The Morgan fingerprint density at radius 2 is 2.04 bits per heavy atom. The van der Waals surface area contributed by atoms with Gasteiger partial charge in [0, 0.05) is 18.8 Å². The Kier molecular flexibility index (Phi) is 4.76. The quantitative estimate of drug-likeness (QED) is 0.674. The van der Waals surface area contributed by atoms with E-state index in [1.54, 1.807) is 35.1 Å². The van der Waals surface area contributed by atoms with Crippen LogP contribution in [0, 0.1) is 0 Å². The summed E-state index contributed by atoms with van der Waals surface area (Å²) in [7, 11) is 1.84. The topological polar surface area (TPSA) is 91.4 Å². The number of thioether (sulfide) groups is 1. The number of carbonyl (C=O) groups is 1. The van der Waals surface area contributed by atoms with Gasteiger partial charge in [0.2, 0.25) is 5.91 Å². The van der Waals surface area contributed by atoms with Crippen molar-refractivity contribution in [2.24, 2.45) is 7.05 Å². The van der Waals surface area contributed by atoms with Crippen molar-refractivity contribution in [2.45, 2.75) is 17.3 Å². The van der Waals surface area contributed by atoms with Crippen molar-refractivity contribution in [1.82, 2.24) is 14.8 Å². The molecule has 4 rings (SSSR count). The SMILES string of the molecule is C[C@H](Sc1nnc(-c2ccco2)n1C)C(=O)Nc1ccc2c(c1)OCCO2. The highest BCUT2D eigenvalue weighted by atomic mass is 32.2. The van der Waals surface area contributed by atoms with Gasteiger partial charge in [-0.25, -0.2) is 0 Å². The van der Waals surface area contributed by atoms with Gasteiger partial charge in [0.25, 0.3) is 0 Å². The number of hydrogen-bond donors (Lipinski definition) is 1. The molecule has 140 valence electrons. The van der Waals surface area contributed by atoms with Gasteiger partial charge in [-0.05, 0) is 31.2 Å². The summed E-state index contributed by atoms with van der Waals surface area (Å²) in [6.07, 6.45) is 1.58. The van der Waals surface area contributed by atoms with Crippen LogP contribution in [-0.2, 0) is 11.8 Å². The Balaban J connectivity index is 1.43. The van der Waals surface area contributed by atoms with E-state index in [1.807, 2.05) is 20.0 Å². The summed E-state index contributed by atoms with van der Waals surface area (Å²) in [5, 5.41) is 11.5. The van der Waals surface area contributed by atoms with Crippen molar-refractivity contribution < 1.29 is 18.7 Å². The van der Waals surface area contributed by atoms with E-state index < -0.39 is 0 Å². The summed E-state index contributed by atoms with van der Waals surface area (Å²) in [5.41, 5.74) is 0.658. The molecular weight excluding hydrogens is 368 g/mol. The Morgan fingerprint density at radius 1 is 1.22 bits per heavy atom. The molecule has 0 unspecified atom stereocenters. The van der Waals surface area contributed by atoms with Gasteiger partial charge in [-0.15, -0.1) is 10.2 Å². The molecule has 0 spiro atoms. The van der Waals surface area contributed by atoms with Gasteiger partial charge in [-0.1, -0.05) is 11.8 Å². The molecule has 1 N–H and O–H groups in total. The van der Waals surface area contributed by atoms with E-state index in [1.165, 1.54) is 11.8 Å². The molecule has 27 heavy (non-hydrogen) atoms. The van der Waals surface area contributed by atoms with Crippen LogP contribution in [0.2, 0.25) is 0 Å². The number of nitrogens with zero attached hydrogens (tertiary/aromatic N) is 3. The third-order valence-electron chi connectivity index (χ3n) is 4.04. The number of nitrogens with one attached hydrogen (secondary N) is 1. The maximum Gasteiger partial charge on any atom is 0.237 e. The summed E-state index contributed by atoms with van der Waals surface area (Å²) < 4.78 is 18.2. The zero-order valence-electron chi connectivity index (χ0n) is 14.8. The van der Waals surface area contributed by atoms with Crippen molar-refractivity contribution >= 4 is 23.4 Å². The van der Waals surface area contributed by atoms with Gasteiger partial charge < -0.3 is 23.8 Å². The summed E-state index contributed by atoms with van der Waals surface area (Å²) in [6.45, 7) is 2.85. The number of hydrogen-bond acceptors (Lipinski definition) is 7. The molecule has 3 aromatic rings. The van der Waals surface area contributed by atoms with E-state index in [4.69, 9.17) is 13.9 Å². The number of fused-ring (bicyclic) bond motifs is 1. The minimum Gasteiger partial charge on any atom is -0.486 e. The third-order valence-corrected chi connectivity index (χ3v) is 5.17. The van der Waals surface area contributed by atoms with E-state index in [0.717, 1.165) is 0 Å². The number of anilines is 1. The maximum atomic E-state index is 12.6. The van der Waals surface area contributed by atoms with Crippen LogP contribution in [0.15, 0.2) is 46.2 Å². The molecule has 0 aliphatic carbocycles. The molecular formula is C18H18N4O4S. The lowest BCUT2D eigenvalue weighted by molar-refractivity contribution is -0.115. The summed E-state index contributed by atoms with van der Waals surface area (Å²) >= 11 is 1.32. The van der Waals surface area contributed by atoms with Crippen LogP contribution in [-0.4, -0.2) is 39.1 Å². The number of aromatic nitrogens is 3. The van der Waals surface area contributed by atoms with Gasteiger partial charge in [-0.2, -0.15) is 0 Å².